The molecule has 0 aliphatic carbocycles. The number of aliphatic hydroxyl groups excluding tert-OH is 1. The predicted molar refractivity (Wildman–Crippen MR) is 51.3 cm³/mol. The van der Waals surface area contributed by atoms with Gasteiger partial charge in [0.15, 0.2) is 0 Å². The highest BCUT2D eigenvalue weighted by molar-refractivity contribution is 5.04. The van der Waals surface area contributed by atoms with Crippen LogP contribution in [0.2, 0.25) is 0 Å². The van der Waals surface area contributed by atoms with Crippen LogP contribution >= 0.6 is 0 Å². The Morgan fingerprint density at radius 2 is 2.46 bits per heavy atom. The van der Waals surface area contributed by atoms with Crippen molar-refractivity contribution in [2.24, 2.45) is 7.05 Å². The van der Waals surface area contributed by atoms with Gasteiger partial charge >= 0.3 is 0 Å². The van der Waals surface area contributed by atoms with E-state index < -0.39 is 6.10 Å². The Balaban J connectivity index is 2.39. The third-order valence-electron chi connectivity index (χ3n) is 1.96. The number of hydrogen-bond acceptors (Lipinski definition) is 3. The smallest absolute Gasteiger partial charge is 0.108 e. The van der Waals surface area contributed by atoms with Crippen molar-refractivity contribution in [2.75, 3.05) is 13.1 Å². The quantitative estimate of drug-likeness (QED) is 0.652. The molecule has 1 aromatic heterocycles. The summed E-state index contributed by atoms with van der Waals surface area (Å²) in [6.07, 6.45) is 2.32. The van der Waals surface area contributed by atoms with E-state index in [2.05, 4.69) is 17.3 Å². The number of hydrogen-bond donors (Lipinski definition) is 2. The summed E-state index contributed by atoms with van der Waals surface area (Å²) in [5.74, 6) is 0. The molecule has 0 bridgehead atoms. The van der Waals surface area contributed by atoms with Gasteiger partial charge in [0.1, 0.15) is 6.10 Å². The number of aryl methyl sites for hydroxylation is 1. The topological polar surface area (TPSA) is 50.1 Å². The molecule has 0 amide bonds. The third-order valence-corrected chi connectivity index (χ3v) is 1.96. The summed E-state index contributed by atoms with van der Waals surface area (Å²) in [7, 11) is 1.83. The molecule has 0 saturated heterocycles. The number of nitrogens with one attached hydrogen (secondary N) is 1. The van der Waals surface area contributed by atoms with Gasteiger partial charge in [0, 0.05) is 19.8 Å². The number of nitrogens with zero attached hydrogens (tertiary/aromatic N) is 2. The molecule has 0 aromatic carbocycles. The molecule has 0 radical (unpaired) electrons. The zero-order chi connectivity index (χ0) is 9.68. The lowest BCUT2D eigenvalue weighted by atomic mass is 10.2. The van der Waals surface area contributed by atoms with Crippen LogP contribution in [0, 0.1) is 0 Å². The van der Waals surface area contributed by atoms with Crippen molar-refractivity contribution < 1.29 is 5.11 Å². The van der Waals surface area contributed by atoms with E-state index >= 15 is 0 Å². The van der Waals surface area contributed by atoms with Gasteiger partial charge in [-0.15, -0.1) is 0 Å². The first-order chi connectivity index (χ1) is 6.25. The molecule has 1 atom stereocenters. The molecule has 0 aliphatic rings. The Kier molecular flexibility index (Phi) is 3.92. The molecule has 1 aromatic rings. The van der Waals surface area contributed by atoms with Crippen LogP contribution in [0.4, 0.5) is 0 Å². The summed E-state index contributed by atoms with van der Waals surface area (Å²) in [6.45, 7) is 3.63. The average Bonchev–Trinajstić information content (AvgIpc) is 2.52. The Morgan fingerprint density at radius 3 is 3.00 bits per heavy atom. The lowest BCUT2D eigenvalue weighted by Gasteiger charge is -2.11. The SMILES string of the molecule is CCCNCC(O)c1ccnn1C. The highest BCUT2D eigenvalue weighted by atomic mass is 16.3. The van der Waals surface area contributed by atoms with Crippen molar-refractivity contribution in [3.8, 4) is 0 Å². The van der Waals surface area contributed by atoms with Gasteiger partial charge < -0.3 is 10.4 Å². The fourth-order valence-electron chi connectivity index (χ4n) is 1.23. The van der Waals surface area contributed by atoms with Gasteiger partial charge in [0.25, 0.3) is 0 Å². The summed E-state index contributed by atoms with van der Waals surface area (Å²) in [5.41, 5.74) is 0.851. The summed E-state index contributed by atoms with van der Waals surface area (Å²) in [6, 6.07) is 1.83. The van der Waals surface area contributed by atoms with Crippen LogP contribution < -0.4 is 5.32 Å². The summed E-state index contributed by atoms with van der Waals surface area (Å²) >= 11 is 0. The van der Waals surface area contributed by atoms with Gasteiger partial charge in [0.05, 0.1) is 5.69 Å². The van der Waals surface area contributed by atoms with E-state index in [1.165, 1.54) is 0 Å². The lowest BCUT2D eigenvalue weighted by Crippen LogP contribution is -2.23. The number of aromatic nitrogens is 2. The fourth-order valence-corrected chi connectivity index (χ4v) is 1.23. The Hall–Kier alpha value is -0.870. The van der Waals surface area contributed by atoms with Crippen LogP contribution in [-0.2, 0) is 7.05 Å². The molecule has 0 aliphatic heterocycles. The summed E-state index contributed by atoms with van der Waals surface area (Å²) < 4.78 is 1.69. The molecule has 74 valence electrons. The monoisotopic (exact) mass is 183 g/mol. The van der Waals surface area contributed by atoms with Crippen LogP contribution in [-0.4, -0.2) is 28.0 Å². The lowest BCUT2D eigenvalue weighted by molar-refractivity contribution is 0.165. The van der Waals surface area contributed by atoms with Crippen molar-refractivity contribution in [3.63, 3.8) is 0 Å². The molecule has 13 heavy (non-hydrogen) atoms. The van der Waals surface area contributed by atoms with Gasteiger partial charge in [-0.3, -0.25) is 4.68 Å². The zero-order valence-corrected chi connectivity index (χ0v) is 8.20. The van der Waals surface area contributed by atoms with Crippen LogP contribution in [0.25, 0.3) is 0 Å². The minimum Gasteiger partial charge on any atom is -0.385 e. The first kappa shape index (κ1) is 10.2. The molecule has 0 spiro atoms. The first-order valence-electron chi connectivity index (χ1n) is 4.62. The van der Waals surface area contributed by atoms with E-state index in [1.54, 1.807) is 10.9 Å². The van der Waals surface area contributed by atoms with Crippen LogP contribution in [0.5, 0.6) is 0 Å². The Labute approximate surface area is 78.6 Å². The highest BCUT2D eigenvalue weighted by Gasteiger charge is 2.09. The molecule has 1 rings (SSSR count). The highest BCUT2D eigenvalue weighted by Crippen LogP contribution is 2.08. The van der Waals surface area contributed by atoms with E-state index in [1.807, 2.05) is 13.1 Å². The standard InChI is InChI=1S/C9H17N3O/c1-3-5-10-7-9(13)8-4-6-11-12(8)2/h4,6,9-10,13H,3,5,7H2,1-2H3. The van der Waals surface area contributed by atoms with E-state index in [9.17, 15) is 5.11 Å². The van der Waals surface area contributed by atoms with Gasteiger partial charge in [-0.1, -0.05) is 6.92 Å². The molecule has 4 nitrogen and oxygen atoms in total. The molecular weight excluding hydrogens is 166 g/mol. The predicted octanol–water partition coefficient (Wildman–Crippen LogP) is 0.453. The Bertz CT molecular complexity index is 247. The van der Waals surface area contributed by atoms with Crippen LogP contribution in [0.3, 0.4) is 0 Å². The summed E-state index contributed by atoms with van der Waals surface area (Å²) in [5, 5.41) is 16.8. The number of rotatable bonds is 5. The van der Waals surface area contributed by atoms with Crippen molar-refractivity contribution in [1.82, 2.24) is 15.1 Å². The number of aliphatic hydroxyl groups is 1. The van der Waals surface area contributed by atoms with E-state index in [-0.39, 0.29) is 0 Å². The minimum absolute atomic E-state index is 0.459. The first-order valence-corrected chi connectivity index (χ1v) is 4.62. The molecule has 0 saturated carbocycles. The van der Waals surface area contributed by atoms with Crippen molar-refractivity contribution >= 4 is 0 Å². The van der Waals surface area contributed by atoms with Crippen molar-refractivity contribution in [2.45, 2.75) is 19.4 Å². The Morgan fingerprint density at radius 1 is 1.69 bits per heavy atom. The van der Waals surface area contributed by atoms with E-state index in [0.29, 0.717) is 6.54 Å². The molecule has 1 unspecified atom stereocenters. The maximum absolute atomic E-state index is 9.69. The average molecular weight is 183 g/mol. The van der Waals surface area contributed by atoms with E-state index in [0.717, 1.165) is 18.7 Å². The van der Waals surface area contributed by atoms with Crippen molar-refractivity contribution in [3.05, 3.63) is 18.0 Å². The molecule has 1 heterocycles. The van der Waals surface area contributed by atoms with Gasteiger partial charge in [-0.2, -0.15) is 5.10 Å². The second-order valence-corrected chi connectivity index (χ2v) is 3.10. The molecular formula is C9H17N3O. The largest absolute Gasteiger partial charge is 0.385 e. The second-order valence-electron chi connectivity index (χ2n) is 3.10. The van der Waals surface area contributed by atoms with Gasteiger partial charge in [0.2, 0.25) is 0 Å². The van der Waals surface area contributed by atoms with Crippen molar-refractivity contribution in [1.29, 1.82) is 0 Å². The maximum Gasteiger partial charge on any atom is 0.108 e. The van der Waals surface area contributed by atoms with E-state index in [4.69, 9.17) is 0 Å². The van der Waals surface area contributed by atoms with Gasteiger partial charge in [-0.05, 0) is 19.0 Å². The minimum atomic E-state index is -0.459. The fraction of sp³-hybridized carbons (Fsp3) is 0.667. The molecule has 0 fully saturated rings. The molecule has 2 N–H and O–H groups in total. The maximum atomic E-state index is 9.69. The third kappa shape index (κ3) is 2.82. The van der Waals surface area contributed by atoms with Gasteiger partial charge in [-0.25, -0.2) is 0 Å². The second kappa shape index (κ2) is 4.99. The van der Waals surface area contributed by atoms with Crippen LogP contribution in [0.15, 0.2) is 12.3 Å². The zero-order valence-electron chi connectivity index (χ0n) is 8.20. The normalized spacial score (nSPS) is 13.2. The summed E-state index contributed by atoms with van der Waals surface area (Å²) in [4.78, 5) is 0. The molecule has 4 heteroatoms. The van der Waals surface area contributed by atoms with Crippen LogP contribution in [0.1, 0.15) is 25.1 Å².